The number of carbonyl (C=O) groups excluding carboxylic acids is 2. The summed E-state index contributed by atoms with van der Waals surface area (Å²) in [7, 11) is 0. The van der Waals surface area contributed by atoms with Gasteiger partial charge in [-0.05, 0) is 55.2 Å². The molecule has 0 bridgehead atoms. The Morgan fingerprint density at radius 1 is 0.970 bits per heavy atom. The van der Waals surface area contributed by atoms with Crippen molar-refractivity contribution >= 4 is 70.0 Å². The fourth-order valence-corrected chi connectivity index (χ4v) is 4.81. The van der Waals surface area contributed by atoms with Gasteiger partial charge in [0.2, 0.25) is 11.8 Å². The Bertz CT molecular complexity index is 973. The molecule has 0 heterocycles. The number of amides is 2. The monoisotopic (exact) mass is 548 g/mol. The molecule has 0 radical (unpaired) electrons. The van der Waals surface area contributed by atoms with E-state index in [1.54, 1.807) is 35.2 Å². The van der Waals surface area contributed by atoms with Crippen molar-refractivity contribution in [2.45, 2.75) is 58.0 Å². The van der Waals surface area contributed by atoms with E-state index < -0.39 is 6.04 Å². The molecule has 2 atom stereocenters. The smallest absolute Gasteiger partial charge is 0.243 e. The first-order valence-corrected chi connectivity index (χ1v) is 13.4. The van der Waals surface area contributed by atoms with Crippen molar-refractivity contribution in [3.63, 3.8) is 0 Å². The molecule has 2 rings (SSSR count). The topological polar surface area (TPSA) is 49.4 Å². The Morgan fingerprint density at radius 2 is 1.70 bits per heavy atom. The second kappa shape index (κ2) is 13.7. The van der Waals surface area contributed by atoms with Crippen LogP contribution in [0.4, 0.5) is 0 Å². The van der Waals surface area contributed by atoms with Gasteiger partial charge >= 0.3 is 0 Å². The zero-order valence-corrected chi connectivity index (χ0v) is 22.7. The van der Waals surface area contributed by atoms with E-state index >= 15 is 0 Å². The molecule has 9 heteroatoms. The summed E-state index contributed by atoms with van der Waals surface area (Å²) in [5, 5.41) is 4.94. The number of nitrogens with zero attached hydrogens (tertiary/aromatic N) is 1. The van der Waals surface area contributed by atoms with Crippen molar-refractivity contribution in [1.29, 1.82) is 0 Å². The predicted octanol–water partition coefficient (Wildman–Crippen LogP) is 7.26. The molecule has 0 fully saturated rings. The SMILES string of the molecule is CC[C@@H](C)NC(=O)[C@H](CC)N(Cc1ccc(Cl)cc1Cl)C(=O)CSCc1ccc(Cl)c(Cl)c1. The Labute approximate surface area is 220 Å². The molecular formula is C24H28Cl4N2O2S. The molecule has 0 spiro atoms. The molecule has 0 aromatic heterocycles. The Kier molecular flexibility index (Phi) is 11.7. The molecule has 0 saturated heterocycles. The van der Waals surface area contributed by atoms with Gasteiger partial charge in [-0.1, -0.05) is 72.4 Å². The third-order valence-electron chi connectivity index (χ3n) is 5.22. The van der Waals surface area contributed by atoms with Crippen molar-refractivity contribution in [1.82, 2.24) is 10.2 Å². The summed E-state index contributed by atoms with van der Waals surface area (Å²) >= 11 is 25.9. The van der Waals surface area contributed by atoms with Gasteiger partial charge in [0.05, 0.1) is 15.8 Å². The molecule has 2 amide bonds. The van der Waals surface area contributed by atoms with Gasteiger partial charge in [0.1, 0.15) is 6.04 Å². The van der Waals surface area contributed by atoms with Crippen LogP contribution >= 0.6 is 58.2 Å². The first-order valence-electron chi connectivity index (χ1n) is 10.7. The molecular weight excluding hydrogens is 522 g/mol. The molecule has 2 aromatic rings. The molecule has 0 aliphatic rings. The largest absolute Gasteiger partial charge is 0.352 e. The maximum absolute atomic E-state index is 13.3. The summed E-state index contributed by atoms with van der Waals surface area (Å²) < 4.78 is 0. The van der Waals surface area contributed by atoms with Gasteiger partial charge in [-0.2, -0.15) is 0 Å². The van der Waals surface area contributed by atoms with E-state index in [1.165, 1.54) is 11.8 Å². The van der Waals surface area contributed by atoms with Gasteiger partial charge in [0.15, 0.2) is 0 Å². The molecule has 0 saturated carbocycles. The van der Waals surface area contributed by atoms with Crippen LogP contribution in [0.3, 0.4) is 0 Å². The fourth-order valence-electron chi connectivity index (χ4n) is 3.16. The van der Waals surface area contributed by atoms with Crippen LogP contribution in [-0.2, 0) is 21.9 Å². The first kappa shape index (κ1) is 28.1. The minimum Gasteiger partial charge on any atom is -0.352 e. The third-order valence-corrected chi connectivity index (χ3v) is 7.54. The molecule has 33 heavy (non-hydrogen) atoms. The Balaban J connectivity index is 2.19. The van der Waals surface area contributed by atoms with Gasteiger partial charge in [0.25, 0.3) is 0 Å². The molecule has 4 nitrogen and oxygen atoms in total. The number of carbonyl (C=O) groups is 2. The molecule has 0 unspecified atom stereocenters. The number of thioether (sulfide) groups is 1. The van der Waals surface area contributed by atoms with Crippen molar-refractivity contribution in [3.05, 3.63) is 67.6 Å². The summed E-state index contributed by atoms with van der Waals surface area (Å²) in [5.74, 6) is 0.490. The Hall–Kier alpha value is -1.11. The highest BCUT2D eigenvalue weighted by atomic mass is 35.5. The standard InChI is InChI=1S/C24H28Cl4N2O2S/c1-4-15(3)29-24(32)22(5-2)30(12-17-7-8-18(25)11-20(17)27)23(31)14-33-13-16-6-9-19(26)21(28)10-16/h6-11,15,22H,4-5,12-14H2,1-3H3,(H,29,32)/t15-,22+/m1/s1. The minimum absolute atomic E-state index is 0.0200. The number of rotatable bonds is 11. The van der Waals surface area contributed by atoms with Crippen molar-refractivity contribution in [3.8, 4) is 0 Å². The van der Waals surface area contributed by atoms with Crippen LogP contribution in [0.2, 0.25) is 20.1 Å². The maximum Gasteiger partial charge on any atom is 0.243 e. The average Bonchev–Trinajstić information content (AvgIpc) is 2.77. The molecule has 180 valence electrons. The van der Waals surface area contributed by atoms with Gasteiger partial charge in [-0.3, -0.25) is 9.59 Å². The Morgan fingerprint density at radius 3 is 2.30 bits per heavy atom. The lowest BCUT2D eigenvalue weighted by Crippen LogP contribution is -2.51. The van der Waals surface area contributed by atoms with Gasteiger partial charge < -0.3 is 10.2 Å². The first-order chi connectivity index (χ1) is 15.7. The van der Waals surface area contributed by atoms with Crippen molar-refractivity contribution in [2.24, 2.45) is 0 Å². The number of hydrogen-bond donors (Lipinski definition) is 1. The zero-order valence-electron chi connectivity index (χ0n) is 18.8. The number of benzene rings is 2. The molecule has 0 aliphatic heterocycles. The van der Waals surface area contributed by atoms with E-state index in [0.29, 0.717) is 32.3 Å². The molecule has 1 N–H and O–H groups in total. The quantitative estimate of drug-likeness (QED) is 0.321. The van der Waals surface area contributed by atoms with E-state index in [9.17, 15) is 9.59 Å². The molecule has 0 aliphatic carbocycles. The second-order valence-electron chi connectivity index (χ2n) is 7.74. The lowest BCUT2D eigenvalue weighted by atomic mass is 10.1. The minimum atomic E-state index is -0.608. The highest BCUT2D eigenvalue weighted by Crippen LogP contribution is 2.26. The third kappa shape index (κ3) is 8.56. The van der Waals surface area contributed by atoms with Crippen LogP contribution in [0, 0.1) is 0 Å². The fraction of sp³-hybridized carbons (Fsp3) is 0.417. The predicted molar refractivity (Wildman–Crippen MR) is 142 cm³/mol. The number of nitrogens with one attached hydrogen (secondary N) is 1. The lowest BCUT2D eigenvalue weighted by Gasteiger charge is -2.31. The van der Waals surface area contributed by atoms with Gasteiger partial charge in [0, 0.05) is 28.4 Å². The second-order valence-corrected chi connectivity index (χ2v) is 10.4. The van der Waals surface area contributed by atoms with E-state index in [0.717, 1.165) is 17.5 Å². The van der Waals surface area contributed by atoms with Crippen LogP contribution in [-0.4, -0.2) is 34.6 Å². The maximum atomic E-state index is 13.3. The lowest BCUT2D eigenvalue weighted by molar-refractivity contribution is -0.139. The van der Waals surface area contributed by atoms with Crippen LogP contribution in [0.25, 0.3) is 0 Å². The number of hydrogen-bond acceptors (Lipinski definition) is 3. The summed E-state index contributed by atoms with van der Waals surface area (Å²) in [4.78, 5) is 27.9. The number of halogens is 4. The summed E-state index contributed by atoms with van der Waals surface area (Å²) in [6, 6.07) is 9.98. The van der Waals surface area contributed by atoms with E-state index in [2.05, 4.69) is 5.32 Å². The highest BCUT2D eigenvalue weighted by Gasteiger charge is 2.29. The molecule has 2 aromatic carbocycles. The summed E-state index contributed by atoms with van der Waals surface area (Å²) in [6.45, 7) is 6.06. The van der Waals surface area contributed by atoms with Crippen molar-refractivity contribution < 1.29 is 9.59 Å². The van der Waals surface area contributed by atoms with Gasteiger partial charge in [-0.15, -0.1) is 11.8 Å². The van der Waals surface area contributed by atoms with Crippen LogP contribution in [0.15, 0.2) is 36.4 Å². The van der Waals surface area contributed by atoms with Crippen molar-refractivity contribution in [2.75, 3.05) is 5.75 Å². The highest BCUT2D eigenvalue weighted by molar-refractivity contribution is 7.99. The normalized spacial score (nSPS) is 12.8. The van der Waals surface area contributed by atoms with Gasteiger partial charge in [-0.25, -0.2) is 0 Å². The van der Waals surface area contributed by atoms with E-state index in [1.807, 2.05) is 26.8 Å². The van der Waals surface area contributed by atoms with Crippen LogP contribution in [0.1, 0.15) is 44.7 Å². The van der Waals surface area contributed by atoms with E-state index in [-0.39, 0.29) is 30.2 Å². The van der Waals surface area contributed by atoms with Crippen LogP contribution in [0.5, 0.6) is 0 Å². The van der Waals surface area contributed by atoms with E-state index in [4.69, 9.17) is 46.4 Å². The average molecular weight is 550 g/mol. The zero-order chi connectivity index (χ0) is 24.5. The summed E-state index contributed by atoms with van der Waals surface area (Å²) in [5.41, 5.74) is 1.70. The van der Waals surface area contributed by atoms with Crippen LogP contribution < -0.4 is 5.32 Å². The summed E-state index contributed by atoms with van der Waals surface area (Å²) in [6.07, 6.45) is 1.29.